The maximum absolute atomic E-state index is 13.2. The van der Waals surface area contributed by atoms with E-state index in [1.165, 1.54) is 23.3 Å². The fourth-order valence-electron chi connectivity index (χ4n) is 4.61. The molecule has 28 heavy (non-hydrogen) atoms. The number of nitrogens with one attached hydrogen (secondary N) is 1. The second kappa shape index (κ2) is 7.14. The van der Waals surface area contributed by atoms with Gasteiger partial charge in [-0.05, 0) is 23.9 Å². The molecule has 4 atom stereocenters. The van der Waals surface area contributed by atoms with Crippen molar-refractivity contribution in [3.63, 3.8) is 0 Å². The van der Waals surface area contributed by atoms with Crippen molar-refractivity contribution in [3.05, 3.63) is 58.3 Å². The normalized spacial score (nSPS) is 29.2. The largest absolute Gasteiger partial charge is 0.468 e. The van der Waals surface area contributed by atoms with Crippen LogP contribution in [-0.2, 0) is 25.5 Å². The number of likely N-dealkylation sites (tertiary alicyclic amines) is 1. The lowest BCUT2D eigenvalue weighted by Crippen LogP contribution is -2.57. The van der Waals surface area contributed by atoms with E-state index >= 15 is 0 Å². The van der Waals surface area contributed by atoms with E-state index in [-0.39, 0.29) is 18.2 Å². The lowest BCUT2D eigenvalue weighted by Gasteiger charge is -2.32. The average Bonchev–Trinajstić information content (AvgIpc) is 3.40. The zero-order valence-corrected chi connectivity index (χ0v) is 16.6. The fourth-order valence-corrected chi connectivity index (χ4v) is 5.43. The molecular weight excluding hydrogens is 376 g/mol. The molecule has 2 aliphatic rings. The van der Waals surface area contributed by atoms with Gasteiger partial charge in [0.25, 0.3) is 0 Å². The minimum absolute atomic E-state index is 0.220. The molecule has 0 bridgehead atoms. The Kier molecular flexibility index (Phi) is 4.81. The third kappa shape index (κ3) is 2.69. The number of amides is 2. The molecule has 2 aliphatic heterocycles. The molecule has 1 aromatic heterocycles. The van der Waals surface area contributed by atoms with Gasteiger partial charge in [0.05, 0.1) is 25.0 Å². The Labute approximate surface area is 167 Å². The monoisotopic (exact) mass is 398 g/mol. The van der Waals surface area contributed by atoms with E-state index in [4.69, 9.17) is 4.74 Å². The predicted molar refractivity (Wildman–Crippen MR) is 104 cm³/mol. The van der Waals surface area contributed by atoms with Crippen LogP contribution in [0.25, 0.3) is 0 Å². The first-order chi connectivity index (χ1) is 13.5. The Morgan fingerprint density at radius 3 is 2.54 bits per heavy atom. The van der Waals surface area contributed by atoms with Gasteiger partial charge >= 0.3 is 5.97 Å². The van der Waals surface area contributed by atoms with Crippen molar-refractivity contribution in [2.75, 3.05) is 13.7 Å². The van der Waals surface area contributed by atoms with Crippen LogP contribution in [0.15, 0.2) is 47.8 Å². The Morgan fingerprint density at radius 1 is 1.18 bits per heavy atom. The lowest BCUT2D eigenvalue weighted by atomic mass is 9.76. The summed E-state index contributed by atoms with van der Waals surface area (Å²) in [7, 11) is 1.32. The first kappa shape index (κ1) is 18.8. The molecule has 1 aromatic carbocycles. The molecule has 2 aromatic rings. The molecule has 2 amide bonds. The van der Waals surface area contributed by atoms with Crippen LogP contribution in [0.2, 0.25) is 0 Å². The average molecular weight is 398 g/mol. The van der Waals surface area contributed by atoms with Crippen molar-refractivity contribution in [2.24, 2.45) is 11.8 Å². The molecule has 6 nitrogen and oxygen atoms in total. The molecule has 0 unspecified atom stereocenters. The van der Waals surface area contributed by atoms with Crippen molar-refractivity contribution >= 4 is 29.1 Å². The summed E-state index contributed by atoms with van der Waals surface area (Å²) in [4.78, 5) is 41.6. The van der Waals surface area contributed by atoms with Crippen molar-refractivity contribution < 1.29 is 19.1 Å². The van der Waals surface area contributed by atoms with Crippen LogP contribution >= 0.6 is 11.3 Å². The second-order valence-corrected chi connectivity index (χ2v) is 8.17. The third-order valence-electron chi connectivity index (χ3n) is 5.79. The SMILES string of the molecule is CCN1C(=O)[C@@H]2[C@@H](C1=O)[C@](Cc1ccccc1)(C(=O)OC)N[C@H]2c1cccs1. The minimum Gasteiger partial charge on any atom is -0.468 e. The number of imide groups is 1. The van der Waals surface area contributed by atoms with Crippen LogP contribution in [0.3, 0.4) is 0 Å². The van der Waals surface area contributed by atoms with Gasteiger partial charge in [-0.3, -0.25) is 24.6 Å². The van der Waals surface area contributed by atoms with Crippen molar-refractivity contribution in [3.8, 4) is 0 Å². The Balaban J connectivity index is 1.86. The molecule has 4 rings (SSSR count). The van der Waals surface area contributed by atoms with E-state index in [0.29, 0.717) is 6.54 Å². The van der Waals surface area contributed by atoms with Gasteiger partial charge in [-0.1, -0.05) is 36.4 Å². The highest BCUT2D eigenvalue weighted by Gasteiger charge is 2.68. The zero-order chi connectivity index (χ0) is 19.9. The van der Waals surface area contributed by atoms with Crippen molar-refractivity contribution in [1.29, 1.82) is 0 Å². The summed E-state index contributed by atoms with van der Waals surface area (Å²) in [6, 6.07) is 13.0. The quantitative estimate of drug-likeness (QED) is 0.617. The highest BCUT2D eigenvalue weighted by atomic mass is 32.1. The van der Waals surface area contributed by atoms with Gasteiger partial charge < -0.3 is 4.74 Å². The van der Waals surface area contributed by atoms with Gasteiger partial charge in [-0.15, -0.1) is 11.3 Å². The van der Waals surface area contributed by atoms with E-state index in [9.17, 15) is 14.4 Å². The van der Waals surface area contributed by atoms with Gasteiger partial charge in [0.2, 0.25) is 11.8 Å². The summed E-state index contributed by atoms with van der Waals surface area (Å²) in [6.45, 7) is 2.08. The Bertz CT molecular complexity index is 898. The molecule has 1 N–H and O–H groups in total. The molecule has 2 fully saturated rings. The minimum atomic E-state index is -1.29. The summed E-state index contributed by atoms with van der Waals surface area (Å²) in [6.07, 6.45) is 0.278. The number of ether oxygens (including phenoxy) is 1. The molecule has 146 valence electrons. The number of carbonyl (C=O) groups is 3. The van der Waals surface area contributed by atoms with Crippen LogP contribution in [0.1, 0.15) is 23.4 Å². The van der Waals surface area contributed by atoms with Gasteiger partial charge in [-0.2, -0.15) is 0 Å². The maximum Gasteiger partial charge on any atom is 0.327 e. The summed E-state index contributed by atoms with van der Waals surface area (Å²) in [5.41, 5.74) is -0.382. The number of esters is 1. The van der Waals surface area contributed by atoms with E-state index in [2.05, 4.69) is 5.32 Å². The smallest absolute Gasteiger partial charge is 0.327 e. The van der Waals surface area contributed by atoms with Gasteiger partial charge in [-0.25, -0.2) is 0 Å². The number of fused-ring (bicyclic) bond motifs is 1. The fraction of sp³-hybridized carbons (Fsp3) is 0.381. The molecule has 0 saturated carbocycles. The molecule has 0 aliphatic carbocycles. The second-order valence-electron chi connectivity index (χ2n) is 7.19. The molecule has 3 heterocycles. The zero-order valence-electron chi connectivity index (χ0n) is 15.8. The topological polar surface area (TPSA) is 75.7 Å². The molecule has 0 radical (unpaired) electrons. The van der Waals surface area contributed by atoms with Crippen LogP contribution in [0.4, 0.5) is 0 Å². The molecule has 0 spiro atoms. The van der Waals surface area contributed by atoms with E-state index in [1.807, 2.05) is 47.8 Å². The first-order valence-corrected chi connectivity index (χ1v) is 10.2. The van der Waals surface area contributed by atoms with Crippen LogP contribution in [0, 0.1) is 11.8 Å². The highest BCUT2D eigenvalue weighted by molar-refractivity contribution is 7.10. The van der Waals surface area contributed by atoms with E-state index in [0.717, 1.165) is 10.4 Å². The summed E-state index contributed by atoms with van der Waals surface area (Å²) in [5, 5.41) is 5.31. The number of methoxy groups -OCH3 is 1. The summed E-state index contributed by atoms with van der Waals surface area (Å²) < 4.78 is 5.16. The van der Waals surface area contributed by atoms with Gasteiger partial charge in [0.15, 0.2) is 0 Å². The predicted octanol–water partition coefficient (Wildman–Crippen LogP) is 2.17. The van der Waals surface area contributed by atoms with Crippen LogP contribution in [-0.4, -0.2) is 41.9 Å². The van der Waals surface area contributed by atoms with E-state index in [1.54, 1.807) is 6.92 Å². The summed E-state index contributed by atoms with van der Waals surface area (Å²) >= 11 is 1.51. The first-order valence-electron chi connectivity index (χ1n) is 9.32. The lowest BCUT2D eigenvalue weighted by molar-refractivity contribution is -0.154. The van der Waals surface area contributed by atoms with E-state index < -0.39 is 29.4 Å². The van der Waals surface area contributed by atoms with Crippen molar-refractivity contribution in [2.45, 2.75) is 24.9 Å². The van der Waals surface area contributed by atoms with Crippen LogP contribution in [0.5, 0.6) is 0 Å². The van der Waals surface area contributed by atoms with Gasteiger partial charge in [0, 0.05) is 17.8 Å². The third-order valence-corrected chi connectivity index (χ3v) is 6.74. The molecular formula is C21H22N2O4S. The van der Waals surface area contributed by atoms with Gasteiger partial charge in [0.1, 0.15) is 5.54 Å². The number of carbonyl (C=O) groups excluding carboxylic acids is 3. The number of hydrogen-bond donors (Lipinski definition) is 1. The Hall–Kier alpha value is -2.51. The number of hydrogen-bond acceptors (Lipinski definition) is 6. The molecule has 2 saturated heterocycles. The highest BCUT2D eigenvalue weighted by Crippen LogP contribution is 2.50. The van der Waals surface area contributed by atoms with Crippen molar-refractivity contribution in [1.82, 2.24) is 10.2 Å². The summed E-state index contributed by atoms with van der Waals surface area (Å²) in [5.74, 6) is -2.44. The number of benzene rings is 1. The molecule has 7 heteroatoms. The number of rotatable bonds is 5. The number of nitrogens with zero attached hydrogens (tertiary/aromatic N) is 1. The maximum atomic E-state index is 13.2. The number of thiophene rings is 1. The standard InChI is InChI=1S/C21H22N2O4S/c1-3-23-18(24)15-16(19(23)25)21(20(26)27-2,12-13-8-5-4-6-9-13)22-17(15)14-10-7-11-28-14/h4-11,15-17,22H,3,12H2,1-2H3/t15-,16+,17+,21-/m1/s1. The van der Waals surface area contributed by atoms with Crippen LogP contribution < -0.4 is 5.32 Å². The Morgan fingerprint density at radius 2 is 1.93 bits per heavy atom.